The number of hydrogen-bond acceptors (Lipinski definition) is 5. The van der Waals surface area contributed by atoms with Crippen LogP contribution in [0.25, 0.3) is 0 Å². The van der Waals surface area contributed by atoms with Gasteiger partial charge in [0.05, 0.1) is 11.9 Å². The first-order valence-corrected chi connectivity index (χ1v) is 7.72. The van der Waals surface area contributed by atoms with Crippen molar-refractivity contribution >= 4 is 15.7 Å². The van der Waals surface area contributed by atoms with Crippen LogP contribution in [0.5, 0.6) is 5.75 Å². The topological polar surface area (TPSA) is 92.9 Å². The molecular formula is C12H18N2O4S. The van der Waals surface area contributed by atoms with Crippen molar-refractivity contribution < 1.29 is 18.3 Å². The molecule has 1 fully saturated rings. The molecule has 6 nitrogen and oxygen atoms in total. The molecule has 1 aromatic carbocycles. The zero-order chi connectivity index (χ0) is 13.9. The second-order valence-electron chi connectivity index (χ2n) is 4.53. The van der Waals surface area contributed by atoms with Crippen molar-refractivity contribution in [3.63, 3.8) is 0 Å². The fraction of sp³-hybridized carbons (Fsp3) is 0.500. The van der Waals surface area contributed by atoms with Crippen LogP contribution in [0.15, 0.2) is 24.3 Å². The van der Waals surface area contributed by atoms with Crippen LogP contribution in [0, 0.1) is 0 Å². The average molecular weight is 286 g/mol. The van der Waals surface area contributed by atoms with E-state index in [-0.39, 0.29) is 18.9 Å². The number of benzene rings is 1. The van der Waals surface area contributed by atoms with Gasteiger partial charge in [-0.15, -0.1) is 0 Å². The maximum Gasteiger partial charge on any atom is 0.217 e. The van der Waals surface area contributed by atoms with Crippen molar-refractivity contribution in [2.45, 2.75) is 12.5 Å². The van der Waals surface area contributed by atoms with E-state index in [2.05, 4.69) is 0 Å². The lowest BCUT2D eigenvalue weighted by molar-refractivity contribution is 0.189. The van der Waals surface area contributed by atoms with Crippen molar-refractivity contribution in [2.75, 3.05) is 31.2 Å². The van der Waals surface area contributed by atoms with Crippen LogP contribution in [0.2, 0.25) is 0 Å². The van der Waals surface area contributed by atoms with Crippen LogP contribution >= 0.6 is 0 Å². The zero-order valence-electron chi connectivity index (χ0n) is 10.5. The Morgan fingerprint density at radius 2 is 2.05 bits per heavy atom. The standard InChI is InChI=1S/C12H18N2O4S/c13-10-1-3-12(4-2-10)18-7-8-19(16,17)14-6-5-11(15)9-14/h1-4,11,15H,5-9,13H2. The summed E-state index contributed by atoms with van der Waals surface area (Å²) >= 11 is 0. The Balaban J connectivity index is 1.83. The molecule has 0 aliphatic carbocycles. The van der Waals surface area contributed by atoms with Crippen LogP contribution in [0.3, 0.4) is 0 Å². The summed E-state index contributed by atoms with van der Waals surface area (Å²) in [5.74, 6) is 0.496. The number of nitrogens with zero attached hydrogens (tertiary/aromatic N) is 1. The summed E-state index contributed by atoms with van der Waals surface area (Å²) in [6, 6.07) is 6.78. The van der Waals surface area contributed by atoms with Gasteiger partial charge >= 0.3 is 0 Å². The van der Waals surface area contributed by atoms with E-state index >= 15 is 0 Å². The van der Waals surface area contributed by atoms with Crippen molar-refractivity contribution in [1.29, 1.82) is 0 Å². The molecule has 1 aliphatic rings. The van der Waals surface area contributed by atoms with Crippen LogP contribution in [0.4, 0.5) is 5.69 Å². The Kier molecular flexibility index (Phi) is 4.28. The van der Waals surface area contributed by atoms with E-state index in [4.69, 9.17) is 10.5 Å². The van der Waals surface area contributed by atoms with Gasteiger partial charge in [-0.2, -0.15) is 4.31 Å². The maximum atomic E-state index is 11.9. The fourth-order valence-corrected chi connectivity index (χ4v) is 3.26. The summed E-state index contributed by atoms with van der Waals surface area (Å²) in [7, 11) is -3.35. The number of anilines is 1. The number of sulfonamides is 1. The highest BCUT2D eigenvalue weighted by molar-refractivity contribution is 7.89. The Morgan fingerprint density at radius 3 is 2.63 bits per heavy atom. The summed E-state index contributed by atoms with van der Waals surface area (Å²) in [5.41, 5.74) is 6.17. The molecule has 0 bridgehead atoms. The minimum Gasteiger partial charge on any atom is -0.492 e. The van der Waals surface area contributed by atoms with Gasteiger partial charge in [0.15, 0.2) is 0 Å². The molecule has 0 saturated carbocycles. The van der Waals surface area contributed by atoms with Gasteiger partial charge in [0, 0.05) is 18.8 Å². The van der Waals surface area contributed by atoms with Crippen molar-refractivity contribution in [1.82, 2.24) is 4.31 Å². The third kappa shape index (κ3) is 3.82. The van der Waals surface area contributed by atoms with E-state index in [1.165, 1.54) is 4.31 Å². The van der Waals surface area contributed by atoms with Crippen LogP contribution in [-0.2, 0) is 10.0 Å². The zero-order valence-corrected chi connectivity index (χ0v) is 11.3. The molecule has 1 aliphatic heterocycles. The van der Waals surface area contributed by atoms with Crippen LogP contribution in [0.1, 0.15) is 6.42 Å². The highest BCUT2D eigenvalue weighted by Gasteiger charge is 2.29. The highest BCUT2D eigenvalue weighted by atomic mass is 32.2. The second-order valence-corrected chi connectivity index (χ2v) is 6.62. The second kappa shape index (κ2) is 5.77. The molecule has 3 N–H and O–H groups in total. The quantitative estimate of drug-likeness (QED) is 0.746. The molecule has 7 heteroatoms. The van der Waals surface area contributed by atoms with Gasteiger partial charge in [-0.1, -0.05) is 0 Å². The molecule has 0 amide bonds. The van der Waals surface area contributed by atoms with Crippen molar-refractivity contribution in [2.24, 2.45) is 0 Å². The summed E-state index contributed by atoms with van der Waals surface area (Å²) in [6.07, 6.45) is -0.0503. The number of aliphatic hydroxyl groups excluding tert-OH is 1. The minimum absolute atomic E-state index is 0.0822. The highest BCUT2D eigenvalue weighted by Crippen LogP contribution is 2.15. The van der Waals surface area contributed by atoms with Gasteiger partial charge in [0.25, 0.3) is 0 Å². The number of nitrogen functional groups attached to an aromatic ring is 1. The lowest BCUT2D eigenvalue weighted by Gasteiger charge is -2.15. The molecule has 1 heterocycles. The molecule has 19 heavy (non-hydrogen) atoms. The van der Waals surface area contributed by atoms with E-state index in [0.29, 0.717) is 24.4 Å². The summed E-state index contributed by atoms with van der Waals surface area (Å²) in [5, 5.41) is 9.34. The molecular weight excluding hydrogens is 268 g/mol. The molecule has 0 aromatic heterocycles. The van der Waals surface area contributed by atoms with Gasteiger partial charge in [-0.3, -0.25) is 0 Å². The number of aliphatic hydroxyl groups is 1. The normalized spacial score (nSPS) is 20.6. The van der Waals surface area contributed by atoms with Crippen LogP contribution < -0.4 is 10.5 Å². The molecule has 106 valence electrons. The van der Waals surface area contributed by atoms with Crippen molar-refractivity contribution in [3.05, 3.63) is 24.3 Å². The SMILES string of the molecule is Nc1ccc(OCCS(=O)(=O)N2CCC(O)C2)cc1. The molecule has 0 spiro atoms. The summed E-state index contributed by atoms with van der Waals surface area (Å²) in [4.78, 5) is 0. The fourth-order valence-electron chi connectivity index (χ4n) is 1.92. The number of rotatable bonds is 5. The Bertz CT molecular complexity index is 515. The number of ether oxygens (including phenoxy) is 1. The van der Waals surface area contributed by atoms with E-state index in [1.807, 2.05) is 0 Å². The predicted molar refractivity (Wildman–Crippen MR) is 72.3 cm³/mol. The Labute approximate surface area is 112 Å². The lowest BCUT2D eigenvalue weighted by atomic mass is 10.3. The molecule has 1 atom stereocenters. The average Bonchev–Trinajstić information content (AvgIpc) is 2.79. The first kappa shape index (κ1) is 14.1. The monoisotopic (exact) mass is 286 g/mol. The van der Waals surface area contributed by atoms with E-state index in [1.54, 1.807) is 24.3 Å². The largest absolute Gasteiger partial charge is 0.492 e. The first-order chi connectivity index (χ1) is 8.97. The first-order valence-electron chi connectivity index (χ1n) is 6.11. The smallest absolute Gasteiger partial charge is 0.217 e. The molecule has 1 unspecified atom stereocenters. The molecule has 1 saturated heterocycles. The van der Waals surface area contributed by atoms with Gasteiger partial charge in [-0.25, -0.2) is 8.42 Å². The molecule has 1 aromatic rings. The van der Waals surface area contributed by atoms with Gasteiger partial charge in [-0.05, 0) is 30.7 Å². The Morgan fingerprint density at radius 1 is 1.37 bits per heavy atom. The van der Waals surface area contributed by atoms with E-state index < -0.39 is 16.1 Å². The Hall–Kier alpha value is -1.31. The number of hydrogen-bond donors (Lipinski definition) is 2. The summed E-state index contributed by atoms with van der Waals surface area (Å²) < 4.78 is 30.5. The van der Waals surface area contributed by atoms with Gasteiger partial charge in [0.1, 0.15) is 12.4 Å². The lowest BCUT2D eigenvalue weighted by Crippen LogP contribution is -2.33. The summed E-state index contributed by atoms with van der Waals surface area (Å²) in [6.45, 7) is 0.647. The number of β-amino-alcohol motifs (C(OH)–C–C–N with tert-alkyl or cyclic N) is 1. The number of nitrogens with two attached hydrogens (primary N) is 1. The van der Waals surface area contributed by atoms with Crippen LogP contribution in [-0.4, -0.2) is 49.4 Å². The molecule has 0 radical (unpaired) electrons. The minimum atomic E-state index is -3.35. The van der Waals surface area contributed by atoms with E-state index in [9.17, 15) is 13.5 Å². The third-order valence-electron chi connectivity index (χ3n) is 3.01. The predicted octanol–water partition coefficient (Wildman–Crippen LogP) is 0.0440. The van der Waals surface area contributed by atoms with Gasteiger partial charge < -0.3 is 15.6 Å². The van der Waals surface area contributed by atoms with E-state index in [0.717, 1.165) is 0 Å². The van der Waals surface area contributed by atoms with Crippen molar-refractivity contribution in [3.8, 4) is 5.75 Å². The third-order valence-corrected chi connectivity index (χ3v) is 4.81. The van der Waals surface area contributed by atoms with Gasteiger partial charge in [0.2, 0.25) is 10.0 Å². The maximum absolute atomic E-state index is 11.9. The molecule has 2 rings (SSSR count).